The van der Waals surface area contributed by atoms with Gasteiger partial charge in [0.2, 0.25) is 5.91 Å². The molecule has 4 nitrogen and oxygen atoms in total. The second-order valence-corrected chi connectivity index (χ2v) is 5.70. The number of rotatable bonds is 5. The van der Waals surface area contributed by atoms with E-state index >= 15 is 0 Å². The van der Waals surface area contributed by atoms with Gasteiger partial charge in [-0.05, 0) is 42.5 Å². The maximum absolute atomic E-state index is 12.0. The van der Waals surface area contributed by atoms with E-state index in [0.717, 1.165) is 10.4 Å². The number of benzene rings is 1. The van der Waals surface area contributed by atoms with Crippen molar-refractivity contribution in [2.75, 3.05) is 0 Å². The smallest absolute Gasteiger partial charge is 0.237 e. The lowest BCUT2D eigenvalue weighted by Crippen LogP contribution is -2.42. The largest absolute Gasteiger partial charge is 0.508 e. The van der Waals surface area contributed by atoms with Crippen LogP contribution < -0.4 is 11.1 Å². The molecule has 1 aromatic heterocycles. The van der Waals surface area contributed by atoms with E-state index in [1.165, 1.54) is 0 Å². The molecule has 0 saturated heterocycles. The van der Waals surface area contributed by atoms with Crippen LogP contribution in [0.4, 0.5) is 0 Å². The van der Waals surface area contributed by atoms with Crippen molar-refractivity contribution in [2.24, 2.45) is 5.73 Å². The summed E-state index contributed by atoms with van der Waals surface area (Å²) < 4.78 is 0. The van der Waals surface area contributed by atoms with Gasteiger partial charge in [0.15, 0.2) is 0 Å². The Labute approximate surface area is 122 Å². The minimum absolute atomic E-state index is 0.0339. The summed E-state index contributed by atoms with van der Waals surface area (Å²) in [7, 11) is 0. The van der Waals surface area contributed by atoms with Gasteiger partial charge < -0.3 is 16.2 Å². The van der Waals surface area contributed by atoms with Crippen molar-refractivity contribution in [1.82, 2.24) is 5.32 Å². The third-order valence-corrected chi connectivity index (χ3v) is 4.11. The van der Waals surface area contributed by atoms with Gasteiger partial charge in [-0.3, -0.25) is 4.79 Å². The Morgan fingerprint density at radius 3 is 2.65 bits per heavy atom. The second kappa shape index (κ2) is 6.54. The van der Waals surface area contributed by atoms with Crippen LogP contribution in [0, 0.1) is 0 Å². The molecule has 0 aliphatic carbocycles. The molecule has 0 fully saturated rings. The molecule has 0 aliphatic rings. The molecule has 106 valence electrons. The number of phenolic OH excluding ortho intramolecular Hbond substituents is 1. The van der Waals surface area contributed by atoms with Crippen molar-refractivity contribution in [3.05, 3.63) is 52.2 Å². The van der Waals surface area contributed by atoms with Crippen molar-refractivity contribution in [3.8, 4) is 5.75 Å². The highest BCUT2D eigenvalue weighted by Crippen LogP contribution is 2.18. The van der Waals surface area contributed by atoms with Gasteiger partial charge in [0.1, 0.15) is 5.75 Å². The van der Waals surface area contributed by atoms with Gasteiger partial charge in [0.25, 0.3) is 0 Å². The fourth-order valence-electron chi connectivity index (χ4n) is 1.91. The molecule has 0 saturated carbocycles. The summed E-state index contributed by atoms with van der Waals surface area (Å²) in [6, 6.07) is 10.0. The molecule has 2 atom stereocenters. The Morgan fingerprint density at radius 1 is 1.35 bits per heavy atom. The second-order valence-electron chi connectivity index (χ2n) is 4.72. The first kappa shape index (κ1) is 14.6. The van der Waals surface area contributed by atoms with Crippen LogP contribution in [0.15, 0.2) is 41.8 Å². The number of nitrogens with two attached hydrogens (primary N) is 1. The minimum Gasteiger partial charge on any atom is -0.508 e. The Hall–Kier alpha value is -1.85. The molecule has 0 unspecified atom stereocenters. The third kappa shape index (κ3) is 3.82. The number of amides is 1. The molecule has 20 heavy (non-hydrogen) atoms. The summed E-state index contributed by atoms with van der Waals surface area (Å²) in [5, 5.41) is 14.1. The average molecular weight is 290 g/mol. The van der Waals surface area contributed by atoms with Crippen LogP contribution in [0.2, 0.25) is 0 Å². The lowest BCUT2D eigenvalue weighted by molar-refractivity contribution is -0.122. The van der Waals surface area contributed by atoms with Crippen LogP contribution in [0.5, 0.6) is 5.75 Å². The zero-order valence-corrected chi connectivity index (χ0v) is 12.1. The van der Waals surface area contributed by atoms with Gasteiger partial charge in [-0.1, -0.05) is 18.2 Å². The van der Waals surface area contributed by atoms with Gasteiger partial charge in [-0.2, -0.15) is 0 Å². The molecule has 2 aromatic rings. The molecular weight excluding hydrogens is 272 g/mol. The first-order valence-corrected chi connectivity index (χ1v) is 7.31. The number of hydrogen-bond donors (Lipinski definition) is 3. The van der Waals surface area contributed by atoms with Crippen molar-refractivity contribution in [2.45, 2.75) is 25.4 Å². The number of carbonyl (C=O) groups is 1. The number of carbonyl (C=O) groups excluding carboxylic acids is 1. The third-order valence-electron chi connectivity index (χ3n) is 3.06. The Balaban J connectivity index is 1.90. The minimum atomic E-state index is -0.595. The summed E-state index contributed by atoms with van der Waals surface area (Å²) >= 11 is 1.61. The van der Waals surface area contributed by atoms with E-state index in [4.69, 9.17) is 5.73 Å². The first-order chi connectivity index (χ1) is 9.56. The lowest BCUT2D eigenvalue weighted by atomic mass is 10.1. The molecule has 5 heteroatoms. The molecule has 4 N–H and O–H groups in total. The van der Waals surface area contributed by atoms with Crippen LogP contribution in [-0.4, -0.2) is 17.1 Å². The van der Waals surface area contributed by atoms with Gasteiger partial charge >= 0.3 is 0 Å². The zero-order chi connectivity index (χ0) is 14.5. The molecule has 1 amide bonds. The number of hydrogen-bond acceptors (Lipinski definition) is 4. The molecule has 2 rings (SSSR count). The van der Waals surface area contributed by atoms with Crippen molar-refractivity contribution in [3.63, 3.8) is 0 Å². The Kier molecular flexibility index (Phi) is 4.76. The SMILES string of the molecule is C[C@@H](NC(=O)[C@@H](N)Cc1ccc(O)cc1)c1cccs1. The fraction of sp³-hybridized carbons (Fsp3) is 0.267. The van der Waals surface area contributed by atoms with Crippen LogP contribution >= 0.6 is 11.3 Å². The van der Waals surface area contributed by atoms with E-state index in [-0.39, 0.29) is 17.7 Å². The average Bonchev–Trinajstić information content (AvgIpc) is 2.95. The molecule has 1 heterocycles. The topological polar surface area (TPSA) is 75.4 Å². The maximum atomic E-state index is 12.0. The Morgan fingerprint density at radius 2 is 2.05 bits per heavy atom. The van der Waals surface area contributed by atoms with E-state index in [1.54, 1.807) is 35.6 Å². The number of aromatic hydroxyl groups is 1. The predicted octanol–water partition coefficient (Wildman–Crippen LogP) is 2.20. The fourth-order valence-corrected chi connectivity index (χ4v) is 2.64. The van der Waals surface area contributed by atoms with E-state index in [1.807, 2.05) is 24.4 Å². The van der Waals surface area contributed by atoms with Gasteiger partial charge in [0.05, 0.1) is 12.1 Å². The summed E-state index contributed by atoms with van der Waals surface area (Å²) in [6.45, 7) is 1.94. The van der Waals surface area contributed by atoms with Crippen molar-refractivity contribution in [1.29, 1.82) is 0 Å². The standard InChI is InChI=1S/C15H18N2O2S/c1-10(14-3-2-8-20-14)17-15(19)13(16)9-11-4-6-12(18)7-5-11/h2-8,10,13,18H,9,16H2,1H3,(H,17,19)/t10-,13+/m1/s1. The quantitative estimate of drug-likeness (QED) is 0.790. The molecule has 0 aliphatic heterocycles. The highest BCUT2D eigenvalue weighted by molar-refractivity contribution is 7.10. The van der Waals surface area contributed by atoms with Crippen molar-refractivity contribution >= 4 is 17.2 Å². The van der Waals surface area contributed by atoms with Gasteiger partial charge in [0, 0.05) is 4.88 Å². The number of nitrogens with one attached hydrogen (secondary N) is 1. The monoisotopic (exact) mass is 290 g/mol. The molecule has 0 radical (unpaired) electrons. The highest BCUT2D eigenvalue weighted by Gasteiger charge is 2.17. The van der Waals surface area contributed by atoms with Crippen LogP contribution in [0.3, 0.4) is 0 Å². The lowest BCUT2D eigenvalue weighted by Gasteiger charge is -2.16. The van der Waals surface area contributed by atoms with E-state index < -0.39 is 6.04 Å². The van der Waals surface area contributed by atoms with E-state index in [2.05, 4.69) is 5.32 Å². The Bertz CT molecular complexity index is 552. The van der Waals surface area contributed by atoms with Gasteiger partial charge in [-0.25, -0.2) is 0 Å². The molecule has 1 aromatic carbocycles. The number of phenols is 1. The van der Waals surface area contributed by atoms with Crippen LogP contribution in [0.1, 0.15) is 23.4 Å². The van der Waals surface area contributed by atoms with Crippen LogP contribution in [-0.2, 0) is 11.2 Å². The van der Waals surface area contributed by atoms with Crippen LogP contribution in [0.25, 0.3) is 0 Å². The summed E-state index contributed by atoms with van der Waals surface area (Å²) in [4.78, 5) is 13.1. The van der Waals surface area contributed by atoms with E-state index in [0.29, 0.717) is 6.42 Å². The summed E-state index contributed by atoms with van der Waals surface area (Å²) in [5.74, 6) is 0.0389. The normalized spacial score (nSPS) is 13.7. The molecular formula is C15H18N2O2S. The van der Waals surface area contributed by atoms with Crippen molar-refractivity contribution < 1.29 is 9.90 Å². The summed E-state index contributed by atoms with van der Waals surface area (Å²) in [6.07, 6.45) is 0.448. The summed E-state index contributed by atoms with van der Waals surface area (Å²) in [5.41, 5.74) is 6.84. The number of thiophene rings is 1. The van der Waals surface area contributed by atoms with E-state index in [9.17, 15) is 9.90 Å². The molecule has 0 bridgehead atoms. The first-order valence-electron chi connectivity index (χ1n) is 6.43. The molecule has 0 spiro atoms. The predicted molar refractivity (Wildman–Crippen MR) is 80.7 cm³/mol. The van der Waals surface area contributed by atoms with Gasteiger partial charge in [-0.15, -0.1) is 11.3 Å². The maximum Gasteiger partial charge on any atom is 0.237 e. The highest BCUT2D eigenvalue weighted by atomic mass is 32.1. The zero-order valence-electron chi connectivity index (χ0n) is 11.2.